The number of nitrogens with zero attached hydrogens (tertiary/aromatic N) is 1. The van der Waals surface area contributed by atoms with Gasteiger partial charge in [0.25, 0.3) is 6.43 Å². The van der Waals surface area contributed by atoms with E-state index in [9.17, 15) is 18.7 Å². The van der Waals surface area contributed by atoms with Gasteiger partial charge in [-0.2, -0.15) is 0 Å². The molecule has 0 amide bonds. The number of carbonyl (C=O) groups is 1. The van der Waals surface area contributed by atoms with E-state index >= 15 is 0 Å². The summed E-state index contributed by atoms with van der Waals surface area (Å²) < 4.78 is 30.1. The fourth-order valence-corrected chi connectivity index (χ4v) is 1.30. The highest BCUT2D eigenvalue weighted by Gasteiger charge is 2.22. The summed E-state index contributed by atoms with van der Waals surface area (Å²) in [5.41, 5.74) is 4.04. The zero-order valence-corrected chi connectivity index (χ0v) is 9.11. The molecule has 0 saturated carbocycles. The summed E-state index contributed by atoms with van der Waals surface area (Å²) in [5, 5.41) is 9.17. The third-order valence-electron chi connectivity index (χ3n) is 2.06. The number of pyridine rings is 1. The summed E-state index contributed by atoms with van der Waals surface area (Å²) >= 11 is 0. The third kappa shape index (κ3) is 3.02. The van der Waals surface area contributed by atoms with Crippen molar-refractivity contribution >= 4 is 11.7 Å². The minimum Gasteiger partial charge on any atom is -0.504 e. The van der Waals surface area contributed by atoms with Crippen LogP contribution in [0.1, 0.15) is 24.6 Å². The number of aromatic nitrogens is 1. The fourth-order valence-electron chi connectivity index (χ4n) is 1.30. The van der Waals surface area contributed by atoms with Gasteiger partial charge in [0.2, 0.25) is 0 Å². The van der Waals surface area contributed by atoms with Crippen LogP contribution < -0.4 is 5.73 Å². The summed E-state index contributed by atoms with van der Waals surface area (Å²) in [4.78, 5) is 14.7. The van der Waals surface area contributed by atoms with Gasteiger partial charge in [0.15, 0.2) is 5.75 Å². The van der Waals surface area contributed by atoms with Crippen molar-refractivity contribution < 1.29 is 23.4 Å². The number of hydrogen-bond acceptors (Lipinski definition) is 5. The summed E-state index contributed by atoms with van der Waals surface area (Å²) in [6.07, 6.45) is -2.40. The number of ether oxygens (including phenoxy) is 1. The maximum atomic E-state index is 12.7. The highest BCUT2D eigenvalue weighted by atomic mass is 19.3. The number of nitrogen functional groups attached to an aromatic ring is 1. The van der Waals surface area contributed by atoms with Crippen LogP contribution in [0.15, 0.2) is 6.20 Å². The van der Waals surface area contributed by atoms with E-state index < -0.39 is 35.8 Å². The van der Waals surface area contributed by atoms with Crippen molar-refractivity contribution in [1.82, 2.24) is 4.98 Å². The molecule has 0 unspecified atom stereocenters. The van der Waals surface area contributed by atoms with Crippen LogP contribution in [0, 0.1) is 0 Å². The van der Waals surface area contributed by atoms with E-state index in [0.717, 1.165) is 6.20 Å². The number of halogens is 2. The van der Waals surface area contributed by atoms with E-state index in [1.165, 1.54) is 0 Å². The molecule has 5 nitrogen and oxygen atoms in total. The topological polar surface area (TPSA) is 85.4 Å². The Morgan fingerprint density at radius 3 is 2.82 bits per heavy atom. The first-order chi connectivity index (χ1) is 7.97. The lowest BCUT2D eigenvalue weighted by Gasteiger charge is -2.11. The smallest absolute Gasteiger partial charge is 0.311 e. The molecule has 3 N–H and O–H groups in total. The normalized spacial score (nSPS) is 10.6. The van der Waals surface area contributed by atoms with Crippen molar-refractivity contribution in [2.24, 2.45) is 0 Å². The molecular weight excluding hydrogens is 234 g/mol. The van der Waals surface area contributed by atoms with Gasteiger partial charge in [0.1, 0.15) is 0 Å². The molecule has 0 atom stereocenters. The number of alkyl halides is 2. The van der Waals surface area contributed by atoms with Gasteiger partial charge in [-0.25, -0.2) is 8.78 Å². The standard InChI is InChI=1S/C10H12F2N2O3/c1-2-17-7(16)3-5-8(10(11)12)9(13)6(15)4-14-5/h4,10,15H,2-3H2,1H3,(H2,13,14). The molecule has 1 heterocycles. The van der Waals surface area contributed by atoms with Crippen LogP contribution in [0.2, 0.25) is 0 Å². The first kappa shape index (κ1) is 13.1. The summed E-state index contributed by atoms with van der Waals surface area (Å²) in [6.45, 7) is 1.75. The lowest BCUT2D eigenvalue weighted by Crippen LogP contribution is -2.12. The van der Waals surface area contributed by atoms with Crippen molar-refractivity contribution in [3.05, 3.63) is 17.5 Å². The van der Waals surface area contributed by atoms with Crippen LogP contribution in [0.3, 0.4) is 0 Å². The molecule has 0 saturated heterocycles. The second-order valence-corrected chi connectivity index (χ2v) is 3.20. The number of hydrogen-bond donors (Lipinski definition) is 2. The number of carbonyl (C=O) groups excluding carboxylic acids is 1. The maximum absolute atomic E-state index is 12.7. The fraction of sp³-hybridized carbons (Fsp3) is 0.400. The Kier molecular flexibility index (Phi) is 4.19. The quantitative estimate of drug-likeness (QED) is 0.784. The van der Waals surface area contributed by atoms with E-state index in [4.69, 9.17) is 5.73 Å². The van der Waals surface area contributed by atoms with Crippen LogP contribution in [-0.2, 0) is 16.0 Å². The van der Waals surface area contributed by atoms with Gasteiger partial charge in [-0.1, -0.05) is 0 Å². The minimum absolute atomic E-state index is 0.149. The lowest BCUT2D eigenvalue weighted by molar-refractivity contribution is -0.142. The molecule has 0 aliphatic heterocycles. The van der Waals surface area contributed by atoms with Crippen LogP contribution in [-0.4, -0.2) is 22.7 Å². The van der Waals surface area contributed by atoms with Gasteiger partial charge in [0.05, 0.1) is 36.2 Å². The number of rotatable bonds is 4. The number of nitrogens with two attached hydrogens (primary N) is 1. The van der Waals surface area contributed by atoms with Crippen molar-refractivity contribution in [1.29, 1.82) is 0 Å². The van der Waals surface area contributed by atoms with Gasteiger partial charge in [0, 0.05) is 0 Å². The Morgan fingerprint density at radius 1 is 1.65 bits per heavy atom. The molecule has 94 valence electrons. The highest BCUT2D eigenvalue weighted by Crippen LogP contribution is 2.33. The van der Waals surface area contributed by atoms with E-state index in [-0.39, 0.29) is 12.3 Å². The van der Waals surface area contributed by atoms with Gasteiger partial charge in [-0.05, 0) is 6.92 Å². The molecule has 0 fully saturated rings. The molecule has 1 aromatic heterocycles. The monoisotopic (exact) mass is 246 g/mol. The average molecular weight is 246 g/mol. The largest absolute Gasteiger partial charge is 0.504 e. The molecule has 0 bridgehead atoms. The second-order valence-electron chi connectivity index (χ2n) is 3.20. The van der Waals surface area contributed by atoms with Crippen LogP contribution in [0.4, 0.5) is 14.5 Å². The van der Waals surface area contributed by atoms with Crippen LogP contribution in [0.25, 0.3) is 0 Å². The predicted molar refractivity (Wildman–Crippen MR) is 55.6 cm³/mol. The number of esters is 1. The zero-order valence-electron chi connectivity index (χ0n) is 9.11. The van der Waals surface area contributed by atoms with Crippen LogP contribution >= 0.6 is 0 Å². The SMILES string of the molecule is CCOC(=O)Cc1ncc(O)c(N)c1C(F)F. The molecule has 0 radical (unpaired) electrons. The Bertz CT molecular complexity index is 424. The first-order valence-corrected chi connectivity index (χ1v) is 4.87. The minimum atomic E-state index is -2.92. The number of anilines is 1. The molecule has 0 aromatic carbocycles. The molecule has 0 aliphatic rings. The van der Waals surface area contributed by atoms with Gasteiger partial charge in [-0.3, -0.25) is 9.78 Å². The molecule has 1 rings (SSSR count). The Balaban J connectivity index is 3.07. The summed E-state index contributed by atoms with van der Waals surface area (Å²) in [6, 6.07) is 0. The van der Waals surface area contributed by atoms with Crippen LogP contribution in [0.5, 0.6) is 5.75 Å². The van der Waals surface area contributed by atoms with Crippen molar-refractivity contribution in [3.63, 3.8) is 0 Å². The van der Waals surface area contributed by atoms with E-state index in [1.54, 1.807) is 6.92 Å². The van der Waals surface area contributed by atoms with Crippen molar-refractivity contribution in [3.8, 4) is 5.75 Å². The van der Waals surface area contributed by atoms with Gasteiger partial charge < -0.3 is 15.6 Å². The molecule has 0 aliphatic carbocycles. The molecule has 17 heavy (non-hydrogen) atoms. The lowest BCUT2D eigenvalue weighted by atomic mass is 10.1. The number of aromatic hydroxyl groups is 1. The highest BCUT2D eigenvalue weighted by molar-refractivity contribution is 5.74. The molecule has 0 spiro atoms. The van der Waals surface area contributed by atoms with Crippen molar-refractivity contribution in [2.75, 3.05) is 12.3 Å². The summed E-state index contributed by atoms with van der Waals surface area (Å²) in [5.74, 6) is -1.21. The Labute approximate surface area is 96.2 Å². The predicted octanol–water partition coefficient (Wildman–Crippen LogP) is 1.41. The van der Waals surface area contributed by atoms with Gasteiger partial charge in [-0.15, -0.1) is 0 Å². The summed E-state index contributed by atoms with van der Waals surface area (Å²) in [7, 11) is 0. The Hall–Kier alpha value is -1.92. The zero-order chi connectivity index (χ0) is 13.0. The van der Waals surface area contributed by atoms with Gasteiger partial charge >= 0.3 is 5.97 Å². The first-order valence-electron chi connectivity index (χ1n) is 4.87. The molecule has 1 aromatic rings. The average Bonchev–Trinajstić information content (AvgIpc) is 2.23. The Morgan fingerprint density at radius 2 is 2.29 bits per heavy atom. The van der Waals surface area contributed by atoms with E-state index in [0.29, 0.717) is 0 Å². The third-order valence-corrected chi connectivity index (χ3v) is 2.06. The molecule has 7 heteroatoms. The maximum Gasteiger partial charge on any atom is 0.311 e. The van der Waals surface area contributed by atoms with E-state index in [1.807, 2.05) is 0 Å². The van der Waals surface area contributed by atoms with Crippen molar-refractivity contribution in [2.45, 2.75) is 19.8 Å². The second kappa shape index (κ2) is 5.42. The molecular formula is C10H12F2N2O3. The van der Waals surface area contributed by atoms with E-state index in [2.05, 4.69) is 9.72 Å².